The van der Waals surface area contributed by atoms with Gasteiger partial charge in [0, 0.05) is 25.3 Å². The summed E-state index contributed by atoms with van der Waals surface area (Å²) in [4.78, 5) is 20.4. The van der Waals surface area contributed by atoms with Crippen LogP contribution in [0.15, 0.2) is 18.2 Å². The summed E-state index contributed by atoms with van der Waals surface area (Å²) in [6.07, 6.45) is 1.15. The molecule has 0 aromatic heterocycles. The van der Waals surface area contributed by atoms with Crippen molar-refractivity contribution in [3.8, 4) is 5.75 Å². The van der Waals surface area contributed by atoms with Gasteiger partial charge in [-0.2, -0.15) is 0 Å². The molecule has 1 aromatic carbocycles. The third-order valence-corrected chi connectivity index (χ3v) is 1.23. The molecule has 0 aliphatic rings. The Morgan fingerprint density at radius 3 is 1.47 bits per heavy atom. The zero-order valence-corrected chi connectivity index (χ0v) is 8.54. The summed E-state index contributed by atoms with van der Waals surface area (Å²) in [6, 6.07) is 3.99. The number of aldehydes is 2. The second-order valence-corrected chi connectivity index (χ2v) is 2.09. The largest absolute Gasteiger partial charge is 0.508 e. The van der Waals surface area contributed by atoms with E-state index < -0.39 is 0 Å². The molecule has 0 heterocycles. The Hall–Kier alpha value is -1.72. The van der Waals surface area contributed by atoms with Gasteiger partial charge in [0.25, 0.3) is 0 Å². The first-order valence-electron chi connectivity index (χ1n) is 3.90. The molecule has 0 spiro atoms. The minimum absolute atomic E-state index is 0.0725. The van der Waals surface area contributed by atoms with Gasteiger partial charge in [-0.15, -0.1) is 0 Å². The van der Waals surface area contributed by atoms with Crippen LogP contribution in [-0.2, 0) is 0 Å². The standard InChI is InChI=1S/C8H6O3.2CH4O/c9-4-6-1-7(5-10)3-8(11)2-6;2*1-2/h1-5,11H;2*2H,1H3. The molecule has 0 aliphatic carbocycles. The van der Waals surface area contributed by atoms with Crippen LogP contribution in [0.5, 0.6) is 5.75 Å². The monoisotopic (exact) mass is 214 g/mol. The maximum atomic E-state index is 10.2. The Morgan fingerprint density at radius 2 is 1.20 bits per heavy atom. The van der Waals surface area contributed by atoms with E-state index in [0.717, 1.165) is 14.2 Å². The SMILES string of the molecule is CO.CO.O=Cc1cc(O)cc(C=O)c1. The van der Waals surface area contributed by atoms with Gasteiger partial charge < -0.3 is 15.3 Å². The van der Waals surface area contributed by atoms with Gasteiger partial charge in [0.05, 0.1) is 0 Å². The van der Waals surface area contributed by atoms with Gasteiger partial charge in [0.2, 0.25) is 0 Å². The van der Waals surface area contributed by atoms with Crippen LogP contribution in [-0.4, -0.2) is 42.1 Å². The average Bonchev–Trinajstić information content (AvgIpc) is 2.33. The zero-order valence-electron chi connectivity index (χ0n) is 8.54. The molecular weight excluding hydrogens is 200 g/mol. The predicted molar refractivity (Wildman–Crippen MR) is 55.2 cm³/mol. The lowest BCUT2D eigenvalue weighted by molar-refractivity contribution is 0.112. The number of aliphatic hydroxyl groups is 2. The number of carbonyl (C=O) groups is 2. The fourth-order valence-corrected chi connectivity index (χ4v) is 0.795. The van der Waals surface area contributed by atoms with Crippen LogP contribution < -0.4 is 0 Å². The fraction of sp³-hybridized carbons (Fsp3) is 0.200. The molecule has 0 unspecified atom stereocenters. The number of aromatic hydroxyl groups is 1. The first-order chi connectivity index (χ1) is 7.26. The Balaban J connectivity index is 0. The number of carbonyl (C=O) groups excluding carboxylic acids is 2. The van der Waals surface area contributed by atoms with Gasteiger partial charge in [-0.25, -0.2) is 0 Å². The number of hydrogen-bond donors (Lipinski definition) is 3. The summed E-state index contributed by atoms with van der Waals surface area (Å²) in [5, 5.41) is 22.9. The number of phenols is 1. The van der Waals surface area contributed by atoms with E-state index in [4.69, 9.17) is 15.3 Å². The summed E-state index contributed by atoms with van der Waals surface area (Å²) in [5.74, 6) is -0.0725. The van der Waals surface area contributed by atoms with Crippen LogP contribution >= 0.6 is 0 Å². The molecule has 0 fully saturated rings. The Bertz CT molecular complexity index is 270. The lowest BCUT2D eigenvalue weighted by atomic mass is 10.1. The van der Waals surface area contributed by atoms with Crippen LogP contribution in [0, 0.1) is 0 Å². The van der Waals surface area contributed by atoms with E-state index in [0.29, 0.717) is 23.7 Å². The normalized spacial score (nSPS) is 7.47. The molecule has 0 saturated carbocycles. The second kappa shape index (κ2) is 10.4. The minimum Gasteiger partial charge on any atom is -0.508 e. The summed E-state index contributed by atoms with van der Waals surface area (Å²) < 4.78 is 0. The van der Waals surface area contributed by atoms with Gasteiger partial charge >= 0.3 is 0 Å². The summed E-state index contributed by atoms with van der Waals surface area (Å²) in [6.45, 7) is 0. The van der Waals surface area contributed by atoms with Crippen molar-refractivity contribution in [2.24, 2.45) is 0 Å². The molecular formula is C10H14O5. The third kappa shape index (κ3) is 6.36. The first-order valence-corrected chi connectivity index (χ1v) is 3.90. The second-order valence-electron chi connectivity index (χ2n) is 2.09. The summed E-state index contributed by atoms with van der Waals surface area (Å²) >= 11 is 0. The summed E-state index contributed by atoms with van der Waals surface area (Å²) in [7, 11) is 2.00. The van der Waals surface area contributed by atoms with Crippen molar-refractivity contribution >= 4 is 12.6 Å². The fourth-order valence-electron chi connectivity index (χ4n) is 0.795. The van der Waals surface area contributed by atoms with Crippen molar-refractivity contribution in [1.29, 1.82) is 0 Å². The van der Waals surface area contributed by atoms with E-state index in [1.54, 1.807) is 0 Å². The Kier molecular flexibility index (Phi) is 10.9. The third-order valence-electron chi connectivity index (χ3n) is 1.23. The molecule has 15 heavy (non-hydrogen) atoms. The highest BCUT2D eigenvalue weighted by molar-refractivity contribution is 5.82. The molecule has 0 amide bonds. The predicted octanol–water partition coefficient (Wildman–Crippen LogP) is 0.234. The molecule has 1 aromatic rings. The van der Waals surface area contributed by atoms with Crippen molar-refractivity contribution in [1.82, 2.24) is 0 Å². The molecule has 0 radical (unpaired) electrons. The number of rotatable bonds is 2. The number of hydrogen-bond acceptors (Lipinski definition) is 5. The first kappa shape index (κ1) is 15.7. The maximum Gasteiger partial charge on any atom is 0.150 e. The van der Waals surface area contributed by atoms with E-state index in [2.05, 4.69) is 0 Å². The number of benzene rings is 1. The summed E-state index contributed by atoms with van der Waals surface area (Å²) in [5.41, 5.74) is 0.596. The lowest BCUT2D eigenvalue weighted by Crippen LogP contribution is -1.84. The molecule has 84 valence electrons. The number of phenolic OH excluding ortho intramolecular Hbond substituents is 1. The highest BCUT2D eigenvalue weighted by Crippen LogP contribution is 2.12. The van der Waals surface area contributed by atoms with Crippen molar-refractivity contribution < 1.29 is 24.9 Å². The highest BCUT2D eigenvalue weighted by atomic mass is 16.3. The molecule has 1 rings (SSSR count). The van der Waals surface area contributed by atoms with E-state index in [1.165, 1.54) is 18.2 Å². The van der Waals surface area contributed by atoms with Crippen LogP contribution in [0.2, 0.25) is 0 Å². The Labute approximate surface area is 87.6 Å². The van der Waals surface area contributed by atoms with Gasteiger partial charge in [0.1, 0.15) is 18.3 Å². The molecule has 3 N–H and O–H groups in total. The van der Waals surface area contributed by atoms with Gasteiger partial charge in [0.15, 0.2) is 0 Å². The molecule has 0 bridgehead atoms. The van der Waals surface area contributed by atoms with E-state index in [-0.39, 0.29) is 5.75 Å². The van der Waals surface area contributed by atoms with Crippen molar-refractivity contribution in [2.45, 2.75) is 0 Å². The van der Waals surface area contributed by atoms with Crippen molar-refractivity contribution in [3.05, 3.63) is 29.3 Å². The molecule has 0 atom stereocenters. The molecule has 0 saturated heterocycles. The highest BCUT2D eigenvalue weighted by Gasteiger charge is 1.96. The smallest absolute Gasteiger partial charge is 0.150 e. The molecule has 5 heteroatoms. The lowest BCUT2D eigenvalue weighted by Gasteiger charge is -1.94. The van der Waals surface area contributed by atoms with E-state index in [1.807, 2.05) is 0 Å². The number of aliphatic hydroxyl groups excluding tert-OH is 2. The van der Waals surface area contributed by atoms with Crippen LogP contribution in [0.4, 0.5) is 0 Å². The van der Waals surface area contributed by atoms with Gasteiger partial charge in [-0.3, -0.25) is 9.59 Å². The van der Waals surface area contributed by atoms with Crippen molar-refractivity contribution in [3.63, 3.8) is 0 Å². The van der Waals surface area contributed by atoms with Crippen LogP contribution in [0.1, 0.15) is 20.7 Å². The molecule has 5 nitrogen and oxygen atoms in total. The topological polar surface area (TPSA) is 94.8 Å². The minimum atomic E-state index is -0.0725. The average molecular weight is 214 g/mol. The van der Waals surface area contributed by atoms with Gasteiger partial charge in [-0.05, 0) is 18.2 Å². The maximum absolute atomic E-state index is 10.2. The van der Waals surface area contributed by atoms with E-state index in [9.17, 15) is 9.59 Å². The van der Waals surface area contributed by atoms with Crippen molar-refractivity contribution in [2.75, 3.05) is 14.2 Å². The van der Waals surface area contributed by atoms with Crippen LogP contribution in [0.25, 0.3) is 0 Å². The van der Waals surface area contributed by atoms with E-state index >= 15 is 0 Å². The Morgan fingerprint density at radius 1 is 0.867 bits per heavy atom. The quantitative estimate of drug-likeness (QED) is 0.613. The van der Waals surface area contributed by atoms with Gasteiger partial charge in [-0.1, -0.05) is 0 Å². The van der Waals surface area contributed by atoms with Crippen LogP contribution in [0.3, 0.4) is 0 Å². The molecule has 0 aliphatic heterocycles. The zero-order chi connectivity index (χ0) is 12.3.